The van der Waals surface area contributed by atoms with Gasteiger partial charge < -0.3 is 10.1 Å². The van der Waals surface area contributed by atoms with Crippen LogP contribution in [0.2, 0.25) is 0 Å². The van der Waals surface area contributed by atoms with Gasteiger partial charge in [0.05, 0.1) is 6.04 Å². The lowest BCUT2D eigenvalue weighted by Gasteiger charge is -2.17. The van der Waals surface area contributed by atoms with E-state index >= 15 is 0 Å². The van der Waals surface area contributed by atoms with Crippen LogP contribution in [0.25, 0.3) is 0 Å². The molecular formula is C18H20F3N3O2. The number of pyridine rings is 2. The molecule has 1 N–H and O–H groups in total. The molecule has 0 aliphatic rings. The first kappa shape index (κ1) is 19.7. The van der Waals surface area contributed by atoms with Gasteiger partial charge in [-0.1, -0.05) is 0 Å². The van der Waals surface area contributed by atoms with E-state index in [1.807, 2.05) is 13.8 Å². The van der Waals surface area contributed by atoms with Crippen molar-refractivity contribution >= 4 is 5.91 Å². The van der Waals surface area contributed by atoms with Gasteiger partial charge in [0, 0.05) is 29.2 Å². The Kier molecular flexibility index (Phi) is 5.84. The van der Waals surface area contributed by atoms with Crippen molar-refractivity contribution in [1.82, 2.24) is 15.3 Å². The number of nitrogens with one attached hydrogen (secondary N) is 1. The number of hydrogen-bond acceptors (Lipinski definition) is 4. The number of ether oxygens (including phenoxy) is 1. The van der Waals surface area contributed by atoms with E-state index in [9.17, 15) is 18.0 Å². The van der Waals surface area contributed by atoms with Crippen molar-refractivity contribution in [3.8, 4) is 5.88 Å². The molecule has 0 fully saturated rings. The fraction of sp³-hybridized carbons (Fsp3) is 0.389. The van der Waals surface area contributed by atoms with Gasteiger partial charge in [0.2, 0.25) is 5.88 Å². The van der Waals surface area contributed by atoms with Crippen molar-refractivity contribution in [2.45, 2.75) is 39.9 Å². The summed E-state index contributed by atoms with van der Waals surface area (Å²) in [5.41, 5.74) is 3.22. The van der Waals surface area contributed by atoms with E-state index in [0.717, 1.165) is 11.3 Å². The van der Waals surface area contributed by atoms with E-state index in [1.165, 1.54) is 6.20 Å². The van der Waals surface area contributed by atoms with Crippen LogP contribution >= 0.6 is 0 Å². The van der Waals surface area contributed by atoms with E-state index in [-0.39, 0.29) is 17.8 Å². The van der Waals surface area contributed by atoms with Crippen LogP contribution in [-0.2, 0) is 0 Å². The molecule has 2 rings (SSSR count). The Morgan fingerprint density at radius 3 is 2.58 bits per heavy atom. The zero-order chi connectivity index (χ0) is 19.5. The Bertz CT molecular complexity index is 807. The first-order valence-electron chi connectivity index (χ1n) is 7.97. The predicted octanol–water partition coefficient (Wildman–Crippen LogP) is 3.83. The average Bonchev–Trinajstić information content (AvgIpc) is 2.55. The quantitative estimate of drug-likeness (QED) is 0.872. The van der Waals surface area contributed by atoms with Crippen LogP contribution in [0, 0.1) is 20.8 Å². The van der Waals surface area contributed by atoms with Gasteiger partial charge in [-0.25, -0.2) is 4.98 Å². The fourth-order valence-corrected chi connectivity index (χ4v) is 2.37. The highest BCUT2D eigenvalue weighted by molar-refractivity contribution is 5.95. The maximum atomic E-state index is 12.5. The molecule has 2 aromatic heterocycles. The number of nitrogens with zero attached hydrogens (tertiary/aromatic N) is 2. The van der Waals surface area contributed by atoms with Crippen LogP contribution in [0.5, 0.6) is 5.88 Å². The van der Waals surface area contributed by atoms with Gasteiger partial charge in [0.25, 0.3) is 5.91 Å². The summed E-state index contributed by atoms with van der Waals surface area (Å²) in [6.45, 7) is 5.62. The summed E-state index contributed by atoms with van der Waals surface area (Å²) in [7, 11) is 0. The van der Waals surface area contributed by atoms with Crippen molar-refractivity contribution in [3.63, 3.8) is 0 Å². The number of halogens is 3. The van der Waals surface area contributed by atoms with Crippen LogP contribution in [0.3, 0.4) is 0 Å². The summed E-state index contributed by atoms with van der Waals surface area (Å²) in [5, 5.41) is 2.86. The average molecular weight is 367 g/mol. The predicted molar refractivity (Wildman–Crippen MR) is 90.1 cm³/mol. The van der Waals surface area contributed by atoms with Crippen LogP contribution in [0.1, 0.15) is 45.7 Å². The lowest BCUT2D eigenvalue weighted by Crippen LogP contribution is -2.27. The van der Waals surface area contributed by atoms with Gasteiger partial charge in [-0.2, -0.15) is 13.2 Å². The number of hydrogen-bond donors (Lipinski definition) is 1. The van der Waals surface area contributed by atoms with Gasteiger partial charge in [-0.15, -0.1) is 0 Å². The molecule has 5 nitrogen and oxygen atoms in total. The molecule has 26 heavy (non-hydrogen) atoms. The Labute approximate surface area is 149 Å². The summed E-state index contributed by atoms with van der Waals surface area (Å²) in [6, 6.07) is 2.91. The number of carbonyl (C=O) groups excluding carboxylic acids is 1. The van der Waals surface area contributed by atoms with E-state index in [1.54, 1.807) is 32.2 Å². The van der Waals surface area contributed by atoms with Crippen molar-refractivity contribution in [2.24, 2.45) is 0 Å². The third-order valence-electron chi connectivity index (χ3n) is 3.97. The molecule has 0 saturated carbocycles. The molecule has 8 heteroatoms. The number of aryl methyl sites for hydroxylation is 2. The number of carbonyl (C=O) groups is 1. The van der Waals surface area contributed by atoms with Gasteiger partial charge in [0.1, 0.15) is 0 Å². The molecule has 1 atom stereocenters. The summed E-state index contributed by atoms with van der Waals surface area (Å²) < 4.78 is 41.4. The van der Waals surface area contributed by atoms with Crippen molar-refractivity contribution < 1.29 is 22.7 Å². The third-order valence-corrected chi connectivity index (χ3v) is 3.97. The van der Waals surface area contributed by atoms with Gasteiger partial charge in [-0.05, 0) is 51.0 Å². The highest BCUT2D eigenvalue weighted by Crippen LogP contribution is 2.23. The van der Waals surface area contributed by atoms with E-state index in [4.69, 9.17) is 0 Å². The van der Waals surface area contributed by atoms with Crippen LogP contribution in [-0.4, -0.2) is 28.7 Å². The van der Waals surface area contributed by atoms with E-state index in [0.29, 0.717) is 16.7 Å². The van der Waals surface area contributed by atoms with Gasteiger partial charge in [-0.3, -0.25) is 9.78 Å². The Morgan fingerprint density at radius 1 is 1.27 bits per heavy atom. The molecule has 0 aromatic carbocycles. The number of amides is 1. The third kappa shape index (κ3) is 4.93. The fourth-order valence-electron chi connectivity index (χ4n) is 2.37. The molecule has 0 bridgehead atoms. The summed E-state index contributed by atoms with van der Waals surface area (Å²) in [4.78, 5) is 20.5. The van der Waals surface area contributed by atoms with Gasteiger partial charge in [0.15, 0.2) is 6.61 Å². The normalized spacial score (nSPS) is 12.6. The smallest absolute Gasteiger partial charge is 0.422 e. The minimum Gasteiger partial charge on any atom is -0.468 e. The summed E-state index contributed by atoms with van der Waals surface area (Å²) in [5.74, 6) is -0.333. The van der Waals surface area contributed by atoms with Crippen LogP contribution < -0.4 is 10.1 Å². The molecular weight excluding hydrogens is 347 g/mol. The van der Waals surface area contributed by atoms with Crippen molar-refractivity contribution in [3.05, 3.63) is 52.5 Å². The SMILES string of the molecule is Cc1cc(C(C)NC(=O)c2ccnc(C)c2C)cnc1OCC(F)(F)F. The molecule has 0 aliphatic heterocycles. The number of rotatable bonds is 5. The molecule has 0 radical (unpaired) electrons. The maximum Gasteiger partial charge on any atom is 0.422 e. The molecule has 0 saturated heterocycles. The summed E-state index contributed by atoms with van der Waals surface area (Å²) >= 11 is 0. The molecule has 1 amide bonds. The number of aromatic nitrogens is 2. The zero-order valence-corrected chi connectivity index (χ0v) is 14.9. The molecule has 140 valence electrons. The zero-order valence-electron chi connectivity index (χ0n) is 14.9. The highest BCUT2D eigenvalue weighted by atomic mass is 19.4. The van der Waals surface area contributed by atoms with Crippen molar-refractivity contribution in [2.75, 3.05) is 6.61 Å². The minimum atomic E-state index is -4.42. The molecule has 2 heterocycles. The van der Waals surface area contributed by atoms with Gasteiger partial charge >= 0.3 is 6.18 Å². The maximum absolute atomic E-state index is 12.5. The lowest BCUT2D eigenvalue weighted by molar-refractivity contribution is -0.154. The van der Waals surface area contributed by atoms with Crippen LogP contribution in [0.15, 0.2) is 24.5 Å². The number of alkyl halides is 3. The second kappa shape index (κ2) is 7.72. The standard InChI is InChI=1S/C18H20F3N3O2/c1-10-7-14(8-23-17(10)26-9-18(19,20)21)13(4)24-16(25)15-5-6-22-12(3)11(15)2/h5-8,13H,9H2,1-4H3,(H,24,25). The monoisotopic (exact) mass is 367 g/mol. The lowest BCUT2D eigenvalue weighted by atomic mass is 10.1. The largest absolute Gasteiger partial charge is 0.468 e. The second-order valence-corrected chi connectivity index (χ2v) is 6.06. The molecule has 2 aromatic rings. The Morgan fingerprint density at radius 2 is 1.96 bits per heavy atom. The second-order valence-electron chi connectivity index (χ2n) is 6.06. The van der Waals surface area contributed by atoms with Crippen molar-refractivity contribution in [1.29, 1.82) is 0 Å². The van der Waals surface area contributed by atoms with E-state index in [2.05, 4.69) is 20.0 Å². The molecule has 0 spiro atoms. The Hall–Kier alpha value is -2.64. The molecule has 1 unspecified atom stereocenters. The summed E-state index contributed by atoms with van der Waals surface area (Å²) in [6.07, 6.45) is -1.46. The Balaban J connectivity index is 2.10. The van der Waals surface area contributed by atoms with Crippen LogP contribution in [0.4, 0.5) is 13.2 Å². The first-order valence-corrected chi connectivity index (χ1v) is 7.97. The highest BCUT2D eigenvalue weighted by Gasteiger charge is 2.29. The minimum absolute atomic E-state index is 0.0785. The molecule has 0 aliphatic carbocycles. The van der Waals surface area contributed by atoms with E-state index < -0.39 is 12.8 Å². The first-order chi connectivity index (χ1) is 12.1. The topological polar surface area (TPSA) is 64.1 Å².